The Kier molecular flexibility index (Phi) is 7.55. The molecule has 5 fully saturated rings. The number of morpholine rings is 1. The number of piperidine rings is 2. The lowest BCUT2D eigenvalue weighted by atomic mass is 9.90. The van der Waals surface area contributed by atoms with Gasteiger partial charge in [-0.3, -0.25) is 21.1 Å². The highest BCUT2D eigenvalue weighted by Gasteiger charge is 2.48. The van der Waals surface area contributed by atoms with Gasteiger partial charge in [0.05, 0.1) is 25.4 Å². The number of likely N-dealkylation sites (N-methyl/N-ethyl adjacent to an activating group) is 1. The lowest BCUT2D eigenvalue weighted by molar-refractivity contribution is -0.0106. The zero-order valence-corrected chi connectivity index (χ0v) is 20.5. The predicted octanol–water partition coefficient (Wildman–Crippen LogP) is -3.12. The lowest BCUT2D eigenvalue weighted by Gasteiger charge is -2.42. The van der Waals surface area contributed by atoms with Gasteiger partial charge in [-0.2, -0.15) is 0 Å². The third-order valence-electron chi connectivity index (χ3n) is 8.02. The first kappa shape index (κ1) is 24.3. The van der Waals surface area contributed by atoms with Crippen LogP contribution in [0.15, 0.2) is 0 Å². The summed E-state index contributed by atoms with van der Waals surface area (Å²) in [7, 11) is 0.0462. The van der Waals surface area contributed by atoms with Crippen molar-refractivity contribution in [1.82, 2.24) is 41.1 Å². The Bertz CT molecular complexity index is 769. The highest BCUT2D eigenvalue weighted by Crippen LogP contribution is 2.26. The molecule has 0 aromatic heterocycles. The van der Waals surface area contributed by atoms with Crippen LogP contribution in [0.2, 0.25) is 0 Å². The zero-order chi connectivity index (χ0) is 23.0. The molecule has 5 N–H and O–H groups in total. The van der Waals surface area contributed by atoms with E-state index in [1.54, 1.807) is 7.11 Å². The molecule has 5 rings (SSSR count). The van der Waals surface area contributed by atoms with Crippen LogP contribution in [0.5, 0.6) is 0 Å². The number of hydrogen-bond donors (Lipinski definition) is 5. The fraction of sp³-hybridized carbons (Fsp3) is 1.00. The molecule has 0 saturated carbocycles. The van der Waals surface area contributed by atoms with Gasteiger partial charge in [0, 0.05) is 71.4 Å². The number of nitrogens with zero attached hydrogens (tertiary/aromatic N) is 3. The zero-order valence-electron chi connectivity index (χ0n) is 19.7. The van der Waals surface area contributed by atoms with E-state index in [1.807, 2.05) is 12.1 Å². The second-order valence-electron chi connectivity index (χ2n) is 9.91. The molecule has 5 saturated heterocycles. The molecule has 0 aliphatic carbocycles. The minimum Gasteiger partial charge on any atom is -0.379 e. The normalized spacial score (nSPS) is 41.9. The molecule has 0 bridgehead atoms. The van der Waals surface area contributed by atoms with Crippen LogP contribution in [-0.4, -0.2) is 132 Å². The van der Waals surface area contributed by atoms with Crippen LogP contribution in [0.3, 0.4) is 0 Å². The van der Waals surface area contributed by atoms with Gasteiger partial charge in [0.1, 0.15) is 11.5 Å². The molecule has 0 aromatic rings. The molecular formula is C20H40N8O4S. The first-order chi connectivity index (χ1) is 16.0. The van der Waals surface area contributed by atoms with Crippen LogP contribution in [0.4, 0.5) is 0 Å². The van der Waals surface area contributed by atoms with E-state index in [0.29, 0.717) is 25.0 Å². The molecule has 190 valence electrons. The number of methoxy groups -OCH3 is 1. The molecule has 7 unspecified atom stereocenters. The van der Waals surface area contributed by atoms with Crippen molar-refractivity contribution >= 4 is 10.0 Å². The van der Waals surface area contributed by atoms with E-state index in [4.69, 9.17) is 9.47 Å². The largest absolute Gasteiger partial charge is 0.379 e. The summed E-state index contributed by atoms with van der Waals surface area (Å²) in [4.78, 5) is 2.52. The van der Waals surface area contributed by atoms with Crippen LogP contribution in [0, 0.1) is 5.92 Å². The number of fused-ring (bicyclic) bond motifs is 1. The van der Waals surface area contributed by atoms with E-state index in [9.17, 15) is 8.42 Å². The van der Waals surface area contributed by atoms with E-state index >= 15 is 0 Å². The number of ether oxygens (including phenoxy) is 2. The van der Waals surface area contributed by atoms with Gasteiger partial charge in [-0.15, -0.1) is 0 Å². The van der Waals surface area contributed by atoms with Gasteiger partial charge in [-0.25, -0.2) is 23.2 Å². The first-order valence-electron chi connectivity index (χ1n) is 12.3. The van der Waals surface area contributed by atoms with Gasteiger partial charge < -0.3 is 14.8 Å². The van der Waals surface area contributed by atoms with Crippen molar-refractivity contribution in [1.29, 1.82) is 0 Å². The quantitative estimate of drug-likeness (QED) is 0.261. The lowest BCUT2D eigenvalue weighted by Crippen LogP contribution is -2.67. The summed E-state index contributed by atoms with van der Waals surface area (Å²) in [5.74, 6) is 0.330. The Labute approximate surface area is 197 Å². The summed E-state index contributed by atoms with van der Waals surface area (Å²) in [6, 6.07) is 0.200. The Balaban J connectivity index is 1.21. The number of nitrogens with one attached hydrogen (secondary N) is 5. The molecule has 0 amide bonds. The third kappa shape index (κ3) is 5.09. The minimum absolute atomic E-state index is 0.0470. The molecule has 12 nitrogen and oxygen atoms in total. The smallest absolute Gasteiger partial charge is 0.217 e. The second kappa shape index (κ2) is 10.3. The summed E-state index contributed by atoms with van der Waals surface area (Å²) in [5.41, 5.74) is 6.70. The van der Waals surface area contributed by atoms with Crippen LogP contribution >= 0.6 is 0 Å². The molecule has 33 heavy (non-hydrogen) atoms. The Morgan fingerprint density at radius 2 is 1.91 bits per heavy atom. The maximum Gasteiger partial charge on any atom is 0.217 e. The number of rotatable bonds is 6. The van der Waals surface area contributed by atoms with Crippen molar-refractivity contribution < 1.29 is 17.9 Å². The molecule has 7 atom stereocenters. The SMILES string of the molecule is COC1NCC2CNN(C)C2C1NS(=O)(=O)C1CNN(C2CC(N3CCOCC3)CCN2)C1. The van der Waals surface area contributed by atoms with Crippen molar-refractivity contribution in [2.45, 2.75) is 48.6 Å². The minimum atomic E-state index is -3.55. The van der Waals surface area contributed by atoms with Crippen LogP contribution in [-0.2, 0) is 19.5 Å². The second-order valence-corrected chi connectivity index (χ2v) is 11.9. The van der Waals surface area contributed by atoms with Gasteiger partial charge in [0.25, 0.3) is 0 Å². The highest BCUT2D eigenvalue weighted by molar-refractivity contribution is 7.90. The molecule has 13 heteroatoms. The number of hydrogen-bond acceptors (Lipinski definition) is 11. The Morgan fingerprint density at radius 1 is 1.09 bits per heavy atom. The maximum absolute atomic E-state index is 13.5. The highest BCUT2D eigenvalue weighted by atomic mass is 32.2. The van der Waals surface area contributed by atoms with Gasteiger partial charge in [0.2, 0.25) is 10.0 Å². The van der Waals surface area contributed by atoms with Crippen molar-refractivity contribution in [3.05, 3.63) is 0 Å². The van der Waals surface area contributed by atoms with E-state index < -0.39 is 15.3 Å². The van der Waals surface area contributed by atoms with E-state index in [2.05, 4.69) is 36.1 Å². The Hall–Kier alpha value is -0.450. The molecule has 5 aliphatic rings. The van der Waals surface area contributed by atoms with E-state index in [1.165, 1.54) is 0 Å². The van der Waals surface area contributed by atoms with Gasteiger partial charge in [-0.1, -0.05) is 0 Å². The van der Waals surface area contributed by atoms with E-state index in [0.717, 1.165) is 58.8 Å². The van der Waals surface area contributed by atoms with Crippen LogP contribution in [0.1, 0.15) is 12.8 Å². The average molecular weight is 489 g/mol. The molecular weight excluding hydrogens is 448 g/mol. The molecule has 0 spiro atoms. The van der Waals surface area contributed by atoms with Crippen molar-refractivity contribution in [3.63, 3.8) is 0 Å². The predicted molar refractivity (Wildman–Crippen MR) is 123 cm³/mol. The van der Waals surface area contributed by atoms with E-state index in [-0.39, 0.29) is 24.5 Å². The summed E-state index contributed by atoms with van der Waals surface area (Å²) >= 11 is 0. The maximum atomic E-state index is 13.5. The van der Waals surface area contributed by atoms with Gasteiger partial charge >= 0.3 is 0 Å². The third-order valence-corrected chi connectivity index (χ3v) is 9.81. The van der Waals surface area contributed by atoms with Crippen molar-refractivity contribution in [3.8, 4) is 0 Å². The standard InChI is InChI=1S/C20H40N8O4S/c1-26-19-14(11-23-26)10-22-20(31-2)18(19)25-33(29,30)16-12-24-28(13-16)17-9-15(3-4-21-17)27-5-7-32-8-6-27/h14-25H,3-13H2,1-2H3. The van der Waals surface area contributed by atoms with Crippen LogP contribution < -0.4 is 26.2 Å². The fourth-order valence-corrected chi connectivity index (χ4v) is 7.64. The summed E-state index contributed by atoms with van der Waals surface area (Å²) < 4.78 is 41.0. The summed E-state index contributed by atoms with van der Waals surface area (Å²) in [5, 5.41) is 10.5. The monoisotopic (exact) mass is 488 g/mol. The van der Waals surface area contributed by atoms with Crippen molar-refractivity contribution in [2.75, 3.05) is 73.2 Å². The van der Waals surface area contributed by atoms with Crippen LogP contribution in [0.25, 0.3) is 0 Å². The van der Waals surface area contributed by atoms with Crippen molar-refractivity contribution in [2.24, 2.45) is 5.92 Å². The average Bonchev–Trinajstić information content (AvgIpc) is 3.48. The number of hydrazine groups is 2. The molecule has 5 heterocycles. The van der Waals surface area contributed by atoms with Gasteiger partial charge in [-0.05, 0) is 19.4 Å². The molecule has 0 aromatic carbocycles. The fourth-order valence-electron chi connectivity index (χ4n) is 6.15. The number of sulfonamides is 1. The Morgan fingerprint density at radius 3 is 2.70 bits per heavy atom. The summed E-state index contributed by atoms with van der Waals surface area (Å²) in [6.07, 6.45) is 1.86. The molecule has 5 aliphatic heterocycles. The van der Waals surface area contributed by atoms with Gasteiger partial charge in [0.15, 0.2) is 0 Å². The summed E-state index contributed by atoms with van der Waals surface area (Å²) in [6.45, 7) is 7.00. The topological polar surface area (TPSA) is 122 Å². The molecule has 0 radical (unpaired) electrons. The first-order valence-corrected chi connectivity index (χ1v) is 13.8.